The lowest BCUT2D eigenvalue weighted by Gasteiger charge is -2.10. The lowest BCUT2D eigenvalue weighted by atomic mass is 10.1. The van der Waals surface area contributed by atoms with Gasteiger partial charge in [0.1, 0.15) is 5.00 Å². The van der Waals surface area contributed by atoms with Gasteiger partial charge in [-0.2, -0.15) is 0 Å². The topological polar surface area (TPSA) is 67.4 Å². The summed E-state index contributed by atoms with van der Waals surface area (Å²) in [6, 6.07) is 6.96. The van der Waals surface area contributed by atoms with Crippen molar-refractivity contribution in [3.05, 3.63) is 50.3 Å². The first-order chi connectivity index (χ1) is 12.0. The second-order valence-corrected chi connectivity index (χ2v) is 7.90. The van der Waals surface area contributed by atoms with Crippen molar-refractivity contribution in [2.75, 3.05) is 12.4 Å². The molecule has 1 aliphatic carbocycles. The lowest BCUT2D eigenvalue weighted by molar-refractivity contribution is 0.0601. The maximum absolute atomic E-state index is 12.2. The normalized spacial score (nSPS) is 12.4. The van der Waals surface area contributed by atoms with Gasteiger partial charge in [-0.3, -0.25) is 10.1 Å². The number of ether oxygens (including phenoxy) is 1. The van der Waals surface area contributed by atoms with E-state index in [-0.39, 0.29) is 17.0 Å². The number of thiocarbonyl (C=S) groups is 1. The highest BCUT2D eigenvalue weighted by atomic mass is 79.9. The molecular weight excluding hydrogens is 424 g/mol. The van der Waals surface area contributed by atoms with E-state index in [4.69, 9.17) is 17.0 Å². The molecule has 0 bridgehead atoms. The number of benzene rings is 1. The number of fused-ring (bicyclic) bond motifs is 1. The number of methoxy groups -OCH3 is 1. The molecule has 0 atom stereocenters. The van der Waals surface area contributed by atoms with Gasteiger partial charge >= 0.3 is 5.97 Å². The third-order valence-corrected chi connectivity index (χ3v) is 5.81. The number of carbonyl (C=O) groups excluding carboxylic acids is 2. The van der Waals surface area contributed by atoms with Crippen LogP contribution in [-0.2, 0) is 17.6 Å². The fraction of sp³-hybridized carbons (Fsp3) is 0.235. The number of rotatable bonds is 3. The average molecular weight is 439 g/mol. The highest BCUT2D eigenvalue weighted by Gasteiger charge is 2.27. The number of thiophene rings is 1. The minimum atomic E-state index is -0.385. The fourth-order valence-electron chi connectivity index (χ4n) is 2.72. The molecule has 0 spiro atoms. The van der Waals surface area contributed by atoms with E-state index in [0.29, 0.717) is 16.1 Å². The smallest absolute Gasteiger partial charge is 0.341 e. The highest BCUT2D eigenvalue weighted by Crippen LogP contribution is 2.39. The van der Waals surface area contributed by atoms with Crippen LogP contribution in [0.25, 0.3) is 0 Å². The van der Waals surface area contributed by atoms with Crippen molar-refractivity contribution in [3.8, 4) is 0 Å². The van der Waals surface area contributed by atoms with Crippen molar-refractivity contribution in [2.45, 2.75) is 19.3 Å². The lowest BCUT2D eigenvalue weighted by Crippen LogP contribution is -2.34. The first kappa shape index (κ1) is 18.0. The zero-order valence-corrected chi connectivity index (χ0v) is 16.6. The highest BCUT2D eigenvalue weighted by molar-refractivity contribution is 9.10. The van der Waals surface area contributed by atoms with Gasteiger partial charge in [-0.05, 0) is 61.3 Å². The molecule has 8 heteroatoms. The Labute approximate surface area is 162 Å². The Balaban J connectivity index is 1.74. The number of amides is 1. The second kappa shape index (κ2) is 7.63. The monoisotopic (exact) mass is 438 g/mol. The Bertz CT molecular complexity index is 846. The predicted molar refractivity (Wildman–Crippen MR) is 106 cm³/mol. The Morgan fingerprint density at radius 1 is 1.24 bits per heavy atom. The number of esters is 1. The fourth-order valence-corrected chi connectivity index (χ4v) is 4.53. The van der Waals surface area contributed by atoms with Crippen LogP contribution in [-0.4, -0.2) is 24.1 Å². The van der Waals surface area contributed by atoms with Gasteiger partial charge in [0.15, 0.2) is 5.11 Å². The molecule has 0 saturated carbocycles. The van der Waals surface area contributed by atoms with Crippen LogP contribution >= 0.6 is 39.5 Å². The summed E-state index contributed by atoms with van der Waals surface area (Å²) in [6.07, 6.45) is 2.84. The summed E-state index contributed by atoms with van der Waals surface area (Å²) in [6.45, 7) is 0. The Morgan fingerprint density at radius 3 is 2.64 bits per heavy atom. The third-order valence-electron chi connectivity index (χ3n) is 3.87. The van der Waals surface area contributed by atoms with E-state index in [9.17, 15) is 9.59 Å². The van der Waals surface area contributed by atoms with Crippen molar-refractivity contribution >= 4 is 61.5 Å². The Hall–Kier alpha value is -1.77. The minimum absolute atomic E-state index is 0.151. The molecule has 2 aromatic rings. The SMILES string of the molecule is COC(=O)c1c(NC(=S)NC(=O)c2ccc(Br)cc2)sc2c1CCC2. The molecule has 1 amide bonds. The molecular formula is C17H15BrN2O3S2. The number of halogens is 1. The average Bonchev–Trinajstić information content (AvgIpc) is 3.15. The van der Waals surface area contributed by atoms with Crippen molar-refractivity contribution in [1.29, 1.82) is 0 Å². The minimum Gasteiger partial charge on any atom is -0.465 e. The number of hydrogen-bond acceptors (Lipinski definition) is 5. The Kier molecular flexibility index (Phi) is 5.51. The van der Waals surface area contributed by atoms with Crippen LogP contribution < -0.4 is 10.6 Å². The molecule has 0 fully saturated rings. The molecule has 0 saturated heterocycles. The number of anilines is 1. The molecule has 3 rings (SSSR count). The maximum atomic E-state index is 12.2. The third kappa shape index (κ3) is 3.91. The van der Waals surface area contributed by atoms with Crippen LogP contribution in [0.15, 0.2) is 28.7 Å². The van der Waals surface area contributed by atoms with Crippen LogP contribution in [0.2, 0.25) is 0 Å². The Morgan fingerprint density at radius 2 is 1.96 bits per heavy atom. The molecule has 1 aromatic carbocycles. The van der Waals surface area contributed by atoms with Gasteiger partial charge in [0.05, 0.1) is 12.7 Å². The first-order valence-electron chi connectivity index (χ1n) is 7.60. The summed E-state index contributed by atoms with van der Waals surface area (Å²) in [7, 11) is 1.36. The molecule has 0 radical (unpaired) electrons. The molecule has 5 nitrogen and oxygen atoms in total. The summed E-state index contributed by atoms with van der Waals surface area (Å²) in [5.74, 6) is -0.697. The summed E-state index contributed by atoms with van der Waals surface area (Å²) in [5, 5.41) is 6.38. The van der Waals surface area contributed by atoms with Gasteiger partial charge < -0.3 is 10.1 Å². The predicted octanol–water partition coefficient (Wildman–Crippen LogP) is 3.91. The molecule has 25 heavy (non-hydrogen) atoms. The molecule has 130 valence electrons. The van der Waals surface area contributed by atoms with Gasteiger partial charge in [-0.15, -0.1) is 11.3 Å². The van der Waals surface area contributed by atoms with E-state index in [2.05, 4.69) is 26.6 Å². The van der Waals surface area contributed by atoms with Crippen molar-refractivity contribution in [2.24, 2.45) is 0 Å². The van der Waals surface area contributed by atoms with Crippen LogP contribution in [0.5, 0.6) is 0 Å². The van der Waals surface area contributed by atoms with E-state index < -0.39 is 0 Å². The van der Waals surface area contributed by atoms with E-state index in [1.54, 1.807) is 24.3 Å². The van der Waals surface area contributed by atoms with Crippen LogP contribution in [0.3, 0.4) is 0 Å². The van der Waals surface area contributed by atoms with Crippen LogP contribution in [0, 0.1) is 0 Å². The second-order valence-electron chi connectivity index (χ2n) is 5.47. The summed E-state index contributed by atoms with van der Waals surface area (Å²) in [4.78, 5) is 25.5. The zero-order chi connectivity index (χ0) is 18.0. The van der Waals surface area contributed by atoms with Crippen molar-refractivity contribution in [3.63, 3.8) is 0 Å². The zero-order valence-electron chi connectivity index (χ0n) is 13.3. The number of aryl methyl sites for hydroxylation is 1. The molecule has 1 aliphatic rings. The van der Waals surface area contributed by atoms with Gasteiger partial charge in [-0.1, -0.05) is 15.9 Å². The summed E-state index contributed by atoms with van der Waals surface area (Å²) in [5.41, 5.74) is 2.05. The first-order valence-corrected chi connectivity index (χ1v) is 9.62. The van der Waals surface area contributed by atoms with Crippen molar-refractivity contribution in [1.82, 2.24) is 5.32 Å². The van der Waals surface area contributed by atoms with Crippen molar-refractivity contribution < 1.29 is 14.3 Å². The molecule has 0 aliphatic heterocycles. The van der Waals surface area contributed by atoms with E-state index in [1.165, 1.54) is 23.3 Å². The van der Waals surface area contributed by atoms with E-state index in [0.717, 1.165) is 29.3 Å². The van der Waals surface area contributed by atoms with Gasteiger partial charge in [0.25, 0.3) is 5.91 Å². The standard InChI is InChI=1S/C17H15BrN2O3S2/c1-23-16(22)13-11-3-2-4-12(11)25-15(13)20-17(24)19-14(21)9-5-7-10(18)8-6-9/h5-8H,2-4H2,1H3,(H2,19,20,21,24). The number of carbonyl (C=O) groups is 2. The maximum Gasteiger partial charge on any atom is 0.341 e. The number of hydrogen-bond donors (Lipinski definition) is 2. The summed E-state index contributed by atoms with van der Waals surface area (Å²) >= 11 is 10.0. The van der Waals surface area contributed by atoms with Crippen LogP contribution in [0.1, 0.15) is 37.6 Å². The van der Waals surface area contributed by atoms with E-state index in [1.807, 2.05) is 0 Å². The van der Waals surface area contributed by atoms with Gasteiger partial charge in [0, 0.05) is 14.9 Å². The summed E-state index contributed by atoms with van der Waals surface area (Å²) < 4.78 is 5.79. The molecule has 1 heterocycles. The quantitative estimate of drug-likeness (QED) is 0.561. The van der Waals surface area contributed by atoms with Gasteiger partial charge in [0.2, 0.25) is 0 Å². The van der Waals surface area contributed by atoms with Gasteiger partial charge in [-0.25, -0.2) is 4.79 Å². The molecule has 1 aromatic heterocycles. The molecule has 0 unspecified atom stereocenters. The van der Waals surface area contributed by atoms with E-state index >= 15 is 0 Å². The number of nitrogens with one attached hydrogen (secondary N) is 2. The largest absolute Gasteiger partial charge is 0.465 e. The molecule has 2 N–H and O–H groups in total. The van der Waals surface area contributed by atoms with Crippen LogP contribution in [0.4, 0.5) is 5.00 Å².